The van der Waals surface area contributed by atoms with Gasteiger partial charge in [0.25, 0.3) is 0 Å². The van der Waals surface area contributed by atoms with Gasteiger partial charge in [-0.2, -0.15) is 5.10 Å². The maximum absolute atomic E-state index is 14.1. The molecule has 1 amide bonds. The quantitative estimate of drug-likeness (QED) is 0.590. The number of carbonyl (C=O) groups excluding carboxylic acids is 1. The highest BCUT2D eigenvalue weighted by Crippen LogP contribution is 2.30. The first kappa shape index (κ1) is 19.1. The predicted molar refractivity (Wildman–Crippen MR) is 109 cm³/mol. The third kappa shape index (κ3) is 4.60. The lowest BCUT2D eigenvalue weighted by Gasteiger charge is -2.22. The van der Waals surface area contributed by atoms with Crippen molar-refractivity contribution in [3.8, 4) is 0 Å². The first-order valence-electron chi connectivity index (χ1n) is 9.11. The van der Waals surface area contributed by atoms with Crippen LogP contribution in [0.1, 0.15) is 23.3 Å². The lowest BCUT2D eigenvalue weighted by Crippen LogP contribution is -2.35. The van der Waals surface area contributed by atoms with E-state index in [-0.39, 0.29) is 24.3 Å². The standard InChI is InChI=1S/C20H20ClFN4OS/c21-17-4-1-5-18(22)16(17)12-25(14-6-7-14)13-20(27)24-19-8-9-23-26(19)11-15-3-2-10-28-15/h1-5,8-10,14H,6-7,11-13H2,(H,24,27). The van der Waals surface area contributed by atoms with Crippen molar-refractivity contribution < 1.29 is 9.18 Å². The molecule has 28 heavy (non-hydrogen) atoms. The molecule has 8 heteroatoms. The van der Waals surface area contributed by atoms with E-state index in [1.165, 1.54) is 6.07 Å². The fourth-order valence-electron chi connectivity index (χ4n) is 3.12. The first-order chi connectivity index (χ1) is 13.6. The summed E-state index contributed by atoms with van der Waals surface area (Å²) in [4.78, 5) is 15.8. The molecule has 1 saturated carbocycles. The van der Waals surface area contributed by atoms with E-state index in [2.05, 4.69) is 10.4 Å². The fraction of sp³-hybridized carbons (Fsp3) is 0.300. The Morgan fingerprint density at radius 1 is 1.32 bits per heavy atom. The number of benzene rings is 1. The van der Waals surface area contributed by atoms with E-state index >= 15 is 0 Å². The average molecular weight is 419 g/mol. The molecule has 5 nitrogen and oxygen atoms in total. The topological polar surface area (TPSA) is 50.2 Å². The maximum Gasteiger partial charge on any atom is 0.239 e. The van der Waals surface area contributed by atoms with Crippen molar-refractivity contribution in [1.29, 1.82) is 0 Å². The van der Waals surface area contributed by atoms with Gasteiger partial charge in [-0.05, 0) is 36.4 Å². The highest BCUT2D eigenvalue weighted by Gasteiger charge is 2.31. The number of nitrogens with zero attached hydrogens (tertiary/aromatic N) is 3. The smallest absolute Gasteiger partial charge is 0.239 e. The molecular weight excluding hydrogens is 399 g/mol. The molecule has 1 N–H and O–H groups in total. The van der Waals surface area contributed by atoms with Gasteiger partial charge in [0.05, 0.1) is 19.3 Å². The number of hydrogen-bond donors (Lipinski definition) is 1. The van der Waals surface area contributed by atoms with Gasteiger partial charge >= 0.3 is 0 Å². The van der Waals surface area contributed by atoms with E-state index < -0.39 is 0 Å². The van der Waals surface area contributed by atoms with Crippen LogP contribution >= 0.6 is 22.9 Å². The Labute approximate surface area is 171 Å². The molecule has 0 bridgehead atoms. The summed E-state index contributed by atoms with van der Waals surface area (Å²) < 4.78 is 15.9. The minimum atomic E-state index is -0.340. The number of thiophene rings is 1. The van der Waals surface area contributed by atoms with Crippen LogP contribution in [-0.2, 0) is 17.9 Å². The van der Waals surface area contributed by atoms with Crippen LogP contribution in [0.5, 0.6) is 0 Å². The Kier molecular flexibility index (Phi) is 5.75. The summed E-state index contributed by atoms with van der Waals surface area (Å²) in [5.74, 6) is 0.165. The lowest BCUT2D eigenvalue weighted by atomic mass is 10.2. The number of carbonyl (C=O) groups is 1. The fourth-order valence-corrected chi connectivity index (χ4v) is 4.03. The number of hydrogen-bond acceptors (Lipinski definition) is 4. The molecule has 1 aliphatic carbocycles. The molecule has 0 unspecified atom stereocenters. The van der Waals surface area contributed by atoms with Crippen LogP contribution in [0.3, 0.4) is 0 Å². The van der Waals surface area contributed by atoms with Crippen LogP contribution in [0.15, 0.2) is 48.0 Å². The Morgan fingerprint density at radius 2 is 2.18 bits per heavy atom. The van der Waals surface area contributed by atoms with Crippen molar-refractivity contribution in [3.63, 3.8) is 0 Å². The molecule has 0 spiro atoms. The van der Waals surface area contributed by atoms with Gasteiger partial charge in [-0.1, -0.05) is 23.7 Å². The second kappa shape index (κ2) is 8.43. The molecule has 0 atom stereocenters. The maximum atomic E-state index is 14.1. The zero-order chi connectivity index (χ0) is 19.5. The van der Waals surface area contributed by atoms with E-state index in [1.54, 1.807) is 40.4 Å². The average Bonchev–Trinajstić information content (AvgIpc) is 3.22. The van der Waals surface area contributed by atoms with E-state index in [1.807, 2.05) is 22.4 Å². The van der Waals surface area contributed by atoms with Gasteiger partial charge in [-0.15, -0.1) is 11.3 Å². The molecule has 2 heterocycles. The van der Waals surface area contributed by atoms with Gasteiger partial charge in [-0.25, -0.2) is 9.07 Å². The Balaban J connectivity index is 1.41. The monoisotopic (exact) mass is 418 g/mol. The van der Waals surface area contributed by atoms with Crippen LogP contribution in [-0.4, -0.2) is 33.2 Å². The summed E-state index contributed by atoms with van der Waals surface area (Å²) in [5, 5.41) is 9.62. The van der Waals surface area contributed by atoms with E-state index in [9.17, 15) is 9.18 Å². The third-order valence-electron chi connectivity index (χ3n) is 4.70. The number of anilines is 1. The SMILES string of the molecule is O=C(CN(Cc1c(F)cccc1Cl)C1CC1)Nc1ccnn1Cc1cccs1. The van der Waals surface area contributed by atoms with Crippen molar-refractivity contribution >= 4 is 34.7 Å². The number of nitrogens with one attached hydrogen (secondary N) is 1. The van der Waals surface area contributed by atoms with E-state index in [0.717, 1.165) is 17.7 Å². The zero-order valence-electron chi connectivity index (χ0n) is 15.1. The second-order valence-electron chi connectivity index (χ2n) is 6.84. The molecule has 1 fully saturated rings. The number of halogens is 2. The highest BCUT2D eigenvalue weighted by molar-refractivity contribution is 7.09. The van der Waals surface area contributed by atoms with Crippen molar-refractivity contribution in [2.45, 2.75) is 32.0 Å². The van der Waals surface area contributed by atoms with Crippen molar-refractivity contribution in [3.05, 3.63) is 69.3 Å². The molecular formula is C20H20ClFN4OS. The first-order valence-corrected chi connectivity index (χ1v) is 10.4. The highest BCUT2D eigenvalue weighted by atomic mass is 35.5. The molecule has 1 aromatic carbocycles. The molecule has 4 rings (SSSR count). The van der Waals surface area contributed by atoms with Gasteiger partial charge in [0.15, 0.2) is 0 Å². The van der Waals surface area contributed by atoms with Crippen LogP contribution in [0.4, 0.5) is 10.2 Å². The van der Waals surface area contributed by atoms with E-state index in [4.69, 9.17) is 11.6 Å². The molecule has 2 aromatic heterocycles. The van der Waals surface area contributed by atoms with Crippen LogP contribution in [0, 0.1) is 5.82 Å². The molecule has 0 aliphatic heterocycles. The molecule has 3 aromatic rings. The summed E-state index contributed by atoms with van der Waals surface area (Å²) in [6.45, 7) is 1.11. The number of aromatic nitrogens is 2. The van der Waals surface area contributed by atoms with Gasteiger partial charge < -0.3 is 5.32 Å². The minimum absolute atomic E-state index is 0.146. The summed E-state index contributed by atoms with van der Waals surface area (Å²) in [5.41, 5.74) is 0.437. The zero-order valence-corrected chi connectivity index (χ0v) is 16.7. The normalized spacial score (nSPS) is 13.8. The molecule has 146 valence electrons. The summed E-state index contributed by atoms with van der Waals surface area (Å²) in [6.07, 6.45) is 3.69. The van der Waals surface area contributed by atoms with Gasteiger partial charge in [0, 0.05) is 34.1 Å². The van der Waals surface area contributed by atoms with Gasteiger partial charge in [0.2, 0.25) is 5.91 Å². The van der Waals surface area contributed by atoms with Crippen LogP contribution in [0.25, 0.3) is 0 Å². The number of rotatable bonds is 8. The lowest BCUT2D eigenvalue weighted by molar-refractivity contribution is -0.117. The largest absolute Gasteiger partial charge is 0.310 e. The second-order valence-corrected chi connectivity index (χ2v) is 8.28. The molecule has 0 saturated heterocycles. The van der Waals surface area contributed by atoms with Crippen LogP contribution in [0.2, 0.25) is 5.02 Å². The Bertz CT molecular complexity index is 935. The third-order valence-corrected chi connectivity index (χ3v) is 5.92. The summed E-state index contributed by atoms with van der Waals surface area (Å²) >= 11 is 7.81. The number of amides is 1. The van der Waals surface area contributed by atoms with Gasteiger partial charge in [-0.3, -0.25) is 9.69 Å². The van der Waals surface area contributed by atoms with Crippen molar-refractivity contribution in [2.75, 3.05) is 11.9 Å². The molecule has 0 radical (unpaired) electrons. The van der Waals surface area contributed by atoms with E-state index in [0.29, 0.717) is 29.5 Å². The van der Waals surface area contributed by atoms with Crippen molar-refractivity contribution in [1.82, 2.24) is 14.7 Å². The summed E-state index contributed by atoms with van der Waals surface area (Å²) in [7, 11) is 0. The van der Waals surface area contributed by atoms with Crippen LogP contribution < -0.4 is 5.32 Å². The summed E-state index contributed by atoms with van der Waals surface area (Å²) in [6, 6.07) is 10.8. The Hall–Kier alpha value is -2.22. The van der Waals surface area contributed by atoms with Gasteiger partial charge in [0.1, 0.15) is 11.6 Å². The predicted octanol–water partition coefficient (Wildman–Crippen LogP) is 4.39. The van der Waals surface area contributed by atoms with Crippen molar-refractivity contribution in [2.24, 2.45) is 0 Å². The Morgan fingerprint density at radius 3 is 2.89 bits per heavy atom. The molecule has 1 aliphatic rings. The minimum Gasteiger partial charge on any atom is -0.310 e.